The number of rotatable bonds is 3. The monoisotopic (exact) mass is 371 g/mol. The summed E-state index contributed by atoms with van der Waals surface area (Å²) in [4.78, 5) is 18.4. The predicted molar refractivity (Wildman–Crippen MR) is 105 cm³/mol. The van der Waals surface area contributed by atoms with E-state index in [1.807, 2.05) is 29.2 Å². The molecular weight excluding hydrogens is 350 g/mol. The molecule has 2 amide bonds. The summed E-state index contributed by atoms with van der Waals surface area (Å²) in [6.07, 6.45) is 4.65. The summed E-state index contributed by atoms with van der Waals surface area (Å²) in [5, 5.41) is 3.62. The fraction of sp³-hybridized carbons (Fsp3) is 0.300. The van der Waals surface area contributed by atoms with E-state index in [-0.39, 0.29) is 6.03 Å². The number of ether oxygens (including phenoxy) is 1. The van der Waals surface area contributed by atoms with Gasteiger partial charge in [0.2, 0.25) is 5.88 Å². The van der Waals surface area contributed by atoms with E-state index < -0.39 is 0 Å². The lowest BCUT2D eigenvalue weighted by atomic mass is 9.91. The van der Waals surface area contributed by atoms with Crippen LogP contribution in [0.2, 0.25) is 5.02 Å². The van der Waals surface area contributed by atoms with Crippen LogP contribution < -0.4 is 10.1 Å². The molecule has 0 aliphatic carbocycles. The molecule has 1 fully saturated rings. The number of aromatic nitrogens is 1. The highest BCUT2D eigenvalue weighted by Crippen LogP contribution is 2.26. The molecule has 1 aliphatic rings. The zero-order valence-corrected chi connectivity index (χ0v) is 15.7. The predicted octanol–water partition coefficient (Wildman–Crippen LogP) is 4.70. The van der Waals surface area contributed by atoms with Crippen LogP contribution in [0.5, 0.6) is 5.88 Å². The van der Waals surface area contributed by atoms with Gasteiger partial charge in [-0.2, -0.15) is 0 Å². The lowest BCUT2D eigenvalue weighted by Crippen LogP contribution is -2.42. The summed E-state index contributed by atoms with van der Waals surface area (Å²) < 4.78 is 5.02. The van der Waals surface area contributed by atoms with Gasteiger partial charge in [-0.05, 0) is 36.1 Å². The van der Waals surface area contributed by atoms with Gasteiger partial charge in [0.05, 0.1) is 19.0 Å². The summed E-state index contributed by atoms with van der Waals surface area (Å²) in [6, 6.07) is 11.2. The molecule has 0 saturated carbocycles. The van der Waals surface area contributed by atoms with Crippen molar-refractivity contribution in [3.63, 3.8) is 0 Å². The van der Waals surface area contributed by atoms with Crippen LogP contribution in [0.3, 0.4) is 0 Å². The number of likely N-dealkylation sites (tertiary alicyclic amines) is 1. The van der Waals surface area contributed by atoms with Crippen LogP contribution in [-0.2, 0) is 0 Å². The number of methoxy groups -OCH3 is 1. The maximum Gasteiger partial charge on any atom is 0.321 e. The van der Waals surface area contributed by atoms with Crippen molar-refractivity contribution in [2.45, 2.75) is 13.3 Å². The molecule has 136 valence electrons. The first-order valence-electron chi connectivity index (χ1n) is 8.57. The average Bonchev–Trinajstić information content (AvgIpc) is 2.65. The molecule has 1 aromatic carbocycles. The number of carbonyl (C=O) groups is 1. The second-order valence-electron chi connectivity index (χ2n) is 6.39. The van der Waals surface area contributed by atoms with Crippen LogP contribution in [0.4, 0.5) is 10.5 Å². The molecule has 2 aromatic rings. The SMILES string of the molecule is COc1ccc(NC(=O)N2CC/C(=C\c3ccc(Cl)cc3)C(C)C2)cn1. The highest BCUT2D eigenvalue weighted by Gasteiger charge is 2.24. The Morgan fingerprint density at radius 1 is 1.31 bits per heavy atom. The van der Waals surface area contributed by atoms with E-state index in [0.717, 1.165) is 17.0 Å². The largest absolute Gasteiger partial charge is 0.481 e. The second-order valence-corrected chi connectivity index (χ2v) is 6.82. The van der Waals surface area contributed by atoms with Gasteiger partial charge in [0.15, 0.2) is 0 Å². The van der Waals surface area contributed by atoms with Crippen molar-refractivity contribution in [2.24, 2.45) is 5.92 Å². The molecule has 2 heterocycles. The Bertz CT molecular complexity index is 788. The highest BCUT2D eigenvalue weighted by atomic mass is 35.5. The third kappa shape index (κ3) is 4.55. The van der Waals surface area contributed by atoms with Crippen LogP contribution in [0.15, 0.2) is 48.2 Å². The molecule has 1 atom stereocenters. The molecule has 5 nitrogen and oxygen atoms in total. The van der Waals surface area contributed by atoms with Crippen LogP contribution in [-0.4, -0.2) is 36.1 Å². The first-order chi connectivity index (χ1) is 12.5. The van der Waals surface area contributed by atoms with Crippen molar-refractivity contribution >= 4 is 29.4 Å². The minimum absolute atomic E-state index is 0.102. The van der Waals surface area contributed by atoms with Gasteiger partial charge in [-0.1, -0.05) is 42.3 Å². The first-order valence-corrected chi connectivity index (χ1v) is 8.95. The molecule has 1 unspecified atom stereocenters. The maximum absolute atomic E-state index is 12.5. The standard InChI is InChI=1S/C20H22ClN3O2/c1-14-13-24(20(25)23-18-7-8-19(26-2)22-12-18)10-9-16(14)11-15-3-5-17(21)6-4-15/h3-8,11-12,14H,9-10,13H2,1-2H3,(H,23,25)/b16-11+. The smallest absolute Gasteiger partial charge is 0.321 e. The van der Waals surface area contributed by atoms with E-state index in [9.17, 15) is 4.79 Å². The van der Waals surface area contributed by atoms with Crippen molar-refractivity contribution in [1.82, 2.24) is 9.88 Å². The Labute approximate surface area is 158 Å². The van der Waals surface area contributed by atoms with E-state index in [1.165, 1.54) is 5.57 Å². The van der Waals surface area contributed by atoms with E-state index in [0.29, 0.717) is 30.6 Å². The molecule has 6 heteroatoms. The fourth-order valence-electron chi connectivity index (χ4n) is 3.00. The van der Waals surface area contributed by atoms with Crippen molar-refractivity contribution in [1.29, 1.82) is 0 Å². The lowest BCUT2D eigenvalue weighted by Gasteiger charge is -2.33. The molecule has 0 spiro atoms. The molecule has 3 rings (SSSR count). The molecule has 26 heavy (non-hydrogen) atoms. The van der Waals surface area contributed by atoms with Gasteiger partial charge in [-0.25, -0.2) is 9.78 Å². The highest BCUT2D eigenvalue weighted by molar-refractivity contribution is 6.30. The average molecular weight is 372 g/mol. The van der Waals surface area contributed by atoms with E-state index >= 15 is 0 Å². The second kappa shape index (κ2) is 8.23. The van der Waals surface area contributed by atoms with Crippen molar-refractivity contribution in [3.05, 3.63) is 58.8 Å². The number of nitrogens with zero attached hydrogens (tertiary/aromatic N) is 2. The minimum atomic E-state index is -0.102. The van der Waals surface area contributed by atoms with Gasteiger partial charge < -0.3 is 15.0 Å². The Morgan fingerprint density at radius 2 is 2.08 bits per heavy atom. The van der Waals surface area contributed by atoms with Crippen LogP contribution in [0, 0.1) is 5.92 Å². The van der Waals surface area contributed by atoms with Gasteiger partial charge >= 0.3 is 6.03 Å². The Kier molecular flexibility index (Phi) is 5.78. The van der Waals surface area contributed by atoms with E-state index in [1.54, 1.807) is 25.4 Å². The number of benzene rings is 1. The lowest BCUT2D eigenvalue weighted by molar-refractivity contribution is 0.198. The first kappa shape index (κ1) is 18.3. The molecule has 0 radical (unpaired) electrons. The summed E-state index contributed by atoms with van der Waals surface area (Å²) in [7, 11) is 1.56. The fourth-order valence-corrected chi connectivity index (χ4v) is 3.13. The number of anilines is 1. The summed E-state index contributed by atoms with van der Waals surface area (Å²) in [5.41, 5.74) is 3.15. The molecule has 1 N–H and O–H groups in total. The van der Waals surface area contributed by atoms with Crippen LogP contribution in [0.25, 0.3) is 6.08 Å². The maximum atomic E-state index is 12.5. The van der Waals surface area contributed by atoms with Crippen molar-refractivity contribution < 1.29 is 9.53 Å². The van der Waals surface area contributed by atoms with Gasteiger partial charge in [0, 0.05) is 24.2 Å². The number of hydrogen-bond donors (Lipinski definition) is 1. The molecule has 0 bridgehead atoms. The zero-order valence-electron chi connectivity index (χ0n) is 14.9. The van der Waals surface area contributed by atoms with Crippen LogP contribution in [0.1, 0.15) is 18.9 Å². The van der Waals surface area contributed by atoms with Gasteiger partial charge in [0.1, 0.15) is 0 Å². The number of amides is 2. The molecule has 1 saturated heterocycles. The Hall–Kier alpha value is -2.53. The zero-order chi connectivity index (χ0) is 18.5. The quantitative estimate of drug-likeness (QED) is 0.850. The minimum Gasteiger partial charge on any atom is -0.481 e. The van der Waals surface area contributed by atoms with Crippen molar-refractivity contribution in [3.8, 4) is 5.88 Å². The van der Waals surface area contributed by atoms with Crippen molar-refractivity contribution in [2.75, 3.05) is 25.5 Å². The Balaban J connectivity index is 1.60. The summed E-state index contributed by atoms with van der Waals surface area (Å²) in [5.74, 6) is 0.825. The van der Waals surface area contributed by atoms with Gasteiger partial charge in [-0.15, -0.1) is 0 Å². The third-order valence-corrected chi connectivity index (χ3v) is 4.76. The number of pyridine rings is 1. The summed E-state index contributed by atoms with van der Waals surface area (Å²) in [6.45, 7) is 3.53. The number of halogens is 1. The normalized spacial score (nSPS) is 18.7. The third-order valence-electron chi connectivity index (χ3n) is 4.50. The summed E-state index contributed by atoms with van der Waals surface area (Å²) >= 11 is 5.94. The van der Waals surface area contributed by atoms with E-state index in [4.69, 9.17) is 16.3 Å². The van der Waals surface area contributed by atoms with Gasteiger partial charge in [0.25, 0.3) is 0 Å². The number of hydrogen-bond acceptors (Lipinski definition) is 3. The molecular formula is C20H22ClN3O2. The number of urea groups is 1. The topological polar surface area (TPSA) is 54.5 Å². The number of nitrogens with one attached hydrogen (secondary N) is 1. The number of carbonyl (C=O) groups excluding carboxylic acids is 1. The number of piperidine rings is 1. The van der Waals surface area contributed by atoms with Crippen LogP contribution >= 0.6 is 11.6 Å². The Morgan fingerprint density at radius 3 is 2.69 bits per heavy atom. The molecule has 1 aliphatic heterocycles. The van der Waals surface area contributed by atoms with E-state index in [2.05, 4.69) is 23.3 Å². The van der Waals surface area contributed by atoms with Gasteiger partial charge in [-0.3, -0.25) is 0 Å². The molecule has 1 aromatic heterocycles.